The minimum atomic E-state index is 0.0409. The van der Waals surface area contributed by atoms with Gasteiger partial charge in [0.1, 0.15) is 11.5 Å². The molecule has 0 amide bonds. The van der Waals surface area contributed by atoms with E-state index in [0.717, 1.165) is 28.2 Å². The predicted molar refractivity (Wildman–Crippen MR) is 243 cm³/mol. The number of para-hydroxylation sites is 1. The van der Waals surface area contributed by atoms with E-state index in [2.05, 4.69) is 199 Å². The summed E-state index contributed by atoms with van der Waals surface area (Å²) in [6.07, 6.45) is 0. The SMILES string of the molecule is Cc1ccc2c(c1)c1ccccc1c1ccccc1c1cc(C)ccc1n2-c1ccc2c(c1)Oc1ccccc1B2c1c(C(C)C)cc(C(C)C)cc1C(C)C. The van der Waals surface area contributed by atoms with Crippen LogP contribution in [0, 0.1) is 13.8 Å². The van der Waals surface area contributed by atoms with Crippen LogP contribution in [0.2, 0.25) is 0 Å². The van der Waals surface area contributed by atoms with Crippen LogP contribution in [0.1, 0.15) is 87.1 Å². The molecule has 0 saturated heterocycles. The highest BCUT2D eigenvalue weighted by molar-refractivity contribution is 6.97. The molecule has 1 aliphatic rings. The molecule has 276 valence electrons. The van der Waals surface area contributed by atoms with Gasteiger partial charge in [0.25, 0.3) is 6.71 Å². The molecular weight excluding hydrogens is 677 g/mol. The average Bonchev–Trinajstić information content (AvgIpc) is 3.23. The van der Waals surface area contributed by atoms with Crippen LogP contribution in [-0.2, 0) is 0 Å². The summed E-state index contributed by atoms with van der Waals surface area (Å²) in [5, 5.41) is 7.34. The van der Waals surface area contributed by atoms with Gasteiger partial charge in [0.15, 0.2) is 0 Å². The van der Waals surface area contributed by atoms with Crippen molar-refractivity contribution in [2.75, 3.05) is 0 Å². The minimum absolute atomic E-state index is 0.0409. The molecule has 1 aromatic heterocycles. The van der Waals surface area contributed by atoms with E-state index in [1.165, 1.54) is 76.5 Å². The molecule has 1 aliphatic heterocycles. The Labute approximate surface area is 332 Å². The molecule has 0 fully saturated rings. The summed E-state index contributed by atoms with van der Waals surface area (Å²) >= 11 is 0. The first-order chi connectivity index (χ1) is 27.1. The summed E-state index contributed by atoms with van der Waals surface area (Å²) < 4.78 is 9.47. The summed E-state index contributed by atoms with van der Waals surface area (Å²) in [6, 6.07) is 52.2. The summed E-state index contributed by atoms with van der Waals surface area (Å²) in [7, 11) is 0. The van der Waals surface area contributed by atoms with Gasteiger partial charge in [-0.3, -0.25) is 0 Å². The monoisotopic (exact) mass is 727 g/mol. The molecule has 0 spiro atoms. The number of hydrogen-bond acceptors (Lipinski definition) is 1. The highest BCUT2D eigenvalue weighted by atomic mass is 16.5. The van der Waals surface area contributed by atoms with Crippen molar-refractivity contribution >= 4 is 66.5 Å². The first-order valence-corrected chi connectivity index (χ1v) is 20.4. The third-order valence-electron chi connectivity index (χ3n) is 12.0. The molecule has 7 aromatic carbocycles. The van der Waals surface area contributed by atoms with E-state index in [1.807, 2.05) is 0 Å². The maximum atomic E-state index is 7.00. The van der Waals surface area contributed by atoms with Crippen LogP contribution in [0.25, 0.3) is 49.0 Å². The van der Waals surface area contributed by atoms with Crippen LogP contribution in [0.3, 0.4) is 0 Å². The van der Waals surface area contributed by atoms with Gasteiger partial charge >= 0.3 is 0 Å². The Morgan fingerprint density at radius 2 is 0.929 bits per heavy atom. The van der Waals surface area contributed by atoms with Crippen molar-refractivity contribution in [1.82, 2.24) is 4.57 Å². The van der Waals surface area contributed by atoms with Crippen molar-refractivity contribution in [3.8, 4) is 17.2 Å². The fourth-order valence-corrected chi connectivity index (χ4v) is 9.18. The molecule has 0 saturated carbocycles. The Balaban J connectivity index is 1.41. The van der Waals surface area contributed by atoms with E-state index in [-0.39, 0.29) is 6.71 Å². The Bertz CT molecular complexity index is 2770. The summed E-state index contributed by atoms with van der Waals surface area (Å²) in [4.78, 5) is 0. The Kier molecular flexibility index (Phi) is 9.00. The van der Waals surface area contributed by atoms with Gasteiger partial charge in [-0.1, -0.05) is 155 Å². The number of fused-ring (bicyclic) bond motifs is 9. The smallest absolute Gasteiger partial charge is 0.251 e. The van der Waals surface area contributed by atoms with Crippen LogP contribution in [0.4, 0.5) is 0 Å². The van der Waals surface area contributed by atoms with Crippen LogP contribution in [-0.4, -0.2) is 11.3 Å². The minimum Gasteiger partial charge on any atom is -0.458 e. The van der Waals surface area contributed by atoms with Crippen molar-refractivity contribution in [3.05, 3.63) is 167 Å². The van der Waals surface area contributed by atoms with Gasteiger partial charge in [-0.2, -0.15) is 0 Å². The normalized spacial score (nSPS) is 12.5. The average molecular weight is 728 g/mol. The summed E-state index contributed by atoms with van der Waals surface area (Å²) in [6.45, 7) is 18.4. The van der Waals surface area contributed by atoms with Crippen LogP contribution in [0.5, 0.6) is 11.5 Å². The Hall–Kier alpha value is -5.80. The van der Waals surface area contributed by atoms with Gasteiger partial charge in [-0.15, -0.1) is 0 Å². The third kappa shape index (κ3) is 5.96. The lowest BCUT2D eigenvalue weighted by atomic mass is 9.34. The van der Waals surface area contributed by atoms with Gasteiger partial charge in [-0.05, 0) is 117 Å². The largest absolute Gasteiger partial charge is 0.458 e. The lowest BCUT2D eigenvalue weighted by Gasteiger charge is -2.32. The number of rotatable bonds is 5. The van der Waals surface area contributed by atoms with Gasteiger partial charge in [0, 0.05) is 22.5 Å². The molecule has 0 unspecified atom stereocenters. The van der Waals surface area contributed by atoms with Crippen LogP contribution < -0.4 is 21.1 Å². The Morgan fingerprint density at radius 3 is 1.45 bits per heavy atom. The van der Waals surface area contributed by atoms with Gasteiger partial charge in [-0.25, -0.2) is 0 Å². The molecule has 8 aromatic rings. The number of aryl methyl sites for hydroxylation is 2. The van der Waals surface area contributed by atoms with Crippen LogP contribution >= 0.6 is 0 Å². The van der Waals surface area contributed by atoms with Gasteiger partial charge < -0.3 is 9.30 Å². The number of benzene rings is 7. The van der Waals surface area contributed by atoms with E-state index in [4.69, 9.17) is 4.74 Å². The fourth-order valence-electron chi connectivity index (χ4n) is 9.18. The highest BCUT2D eigenvalue weighted by Gasteiger charge is 2.36. The zero-order valence-electron chi connectivity index (χ0n) is 33.9. The zero-order chi connectivity index (χ0) is 38.8. The first-order valence-electron chi connectivity index (χ1n) is 20.4. The second kappa shape index (κ2) is 14.1. The maximum Gasteiger partial charge on any atom is 0.251 e. The molecule has 9 rings (SSSR count). The highest BCUT2D eigenvalue weighted by Crippen LogP contribution is 2.37. The predicted octanol–water partition coefficient (Wildman–Crippen LogP) is 12.8. The maximum absolute atomic E-state index is 7.00. The van der Waals surface area contributed by atoms with E-state index in [9.17, 15) is 0 Å². The number of aromatic nitrogens is 1. The molecule has 0 N–H and O–H groups in total. The van der Waals surface area contributed by atoms with E-state index in [1.54, 1.807) is 0 Å². The number of hydrogen-bond donors (Lipinski definition) is 0. The number of nitrogens with zero attached hydrogens (tertiary/aromatic N) is 1. The lowest BCUT2D eigenvalue weighted by Crippen LogP contribution is -2.57. The second-order valence-electron chi connectivity index (χ2n) is 16.8. The Morgan fingerprint density at radius 1 is 0.446 bits per heavy atom. The van der Waals surface area contributed by atoms with Gasteiger partial charge in [0.2, 0.25) is 0 Å². The molecular formula is C53H50BNO. The molecule has 56 heavy (non-hydrogen) atoms. The van der Waals surface area contributed by atoms with Crippen molar-refractivity contribution in [1.29, 1.82) is 0 Å². The quantitative estimate of drug-likeness (QED) is 0.161. The van der Waals surface area contributed by atoms with E-state index < -0.39 is 0 Å². The lowest BCUT2D eigenvalue weighted by molar-refractivity contribution is 0.487. The fraction of sp³-hybridized carbons (Fsp3) is 0.208. The van der Waals surface area contributed by atoms with Crippen LogP contribution in [0.15, 0.2) is 140 Å². The van der Waals surface area contributed by atoms with Gasteiger partial charge in [0.05, 0.1) is 11.0 Å². The molecule has 2 heterocycles. The topological polar surface area (TPSA) is 14.2 Å². The first kappa shape index (κ1) is 35.9. The van der Waals surface area contributed by atoms with Crippen molar-refractivity contribution in [3.63, 3.8) is 0 Å². The van der Waals surface area contributed by atoms with E-state index in [0.29, 0.717) is 17.8 Å². The van der Waals surface area contributed by atoms with E-state index >= 15 is 0 Å². The van der Waals surface area contributed by atoms with Crippen molar-refractivity contribution < 1.29 is 4.74 Å². The molecule has 0 atom stereocenters. The standard InChI is InChI=1S/C53H50BNO/c1-32(2)37-29-43(33(3)4)53(44(30-37)34(5)6)54-47-19-13-14-20-51(47)56-52-31-38(23-24-48(52)54)55-49-25-21-35(7)27-45(49)41-17-11-9-15-39(41)40-16-10-12-18-42(40)46-28-36(8)22-26-50(46)55/h9-34H,1-8H3. The van der Waals surface area contributed by atoms with Crippen molar-refractivity contribution in [2.45, 2.75) is 73.1 Å². The molecule has 3 heteroatoms. The molecule has 2 nitrogen and oxygen atoms in total. The summed E-state index contributed by atoms with van der Waals surface area (Å²) in [5.74, 6) is 3.03. The summed E-state index contributed by atoms with van der Waals surface area (Å²) in [5.41, 5.74) is 14.0. The molecule has 0 bridgehead atoms. The number of ether oxygens (including phenoxy) is 1. The zero-order valence-corrected chi connectivity index (χ0v) is 33.9. The molecule has 0 aliphatic carbocycles. The molecule has 0 radical (unpaired) electrons. The van der Waals surface area contributed by atoms with Crippen molar-refractivity contribution in [2.24, 2.45) is 0 Å². The third-order valence-corrected chi connectivity index (χ3v) is 12.0. The second-order valence-corrected chi connectivity index (χ2v) is 16.8.